The Morgan fingerprint density at radius 3 is 2.80 bits per heavy atom. The van der Waals surface area contributed by atoms with Crippen LogP contribution in [0.4, 0.5) is 21.7 Å². The molecular formula is C21H26FN7O. The standard InChI is InChI=1S/C21H26FN7O/c1-2-16-12-9-11(7-8-17(12)29-28-16)25-20-13(19(24)30)10-14(22)21(27-20)26-18-6-4-3-5-15(18)23/h7-10,15,18H,2-6,23H2,1H3,(H2,24,30)(H,28,29)(H2,25,26,27)/t15-,18+/m0/s1. The molecule has 1 saturated carbocycles. The molecule has 158 valence electrons. The number of nitrogens with zero attached hydrogens (tertiary/aromatic N) is 2. The van der Waals surface area contributed by atoms with Gasteiger partial charge in [-0.25, -0.2) is 9.37 Å². The van der Waals surface area contributed by atoms with E-state index >= 15 is 0 Å². The minimum absolute atomic E-state index is 0.0194. The quantitative estimate of drug-likeness (QED) is 0.423. The summed E-state index contributed by atoms with van der Waals surface area (Å²) in [5.41, 5.74) is 14.2. The van der Waals surface area contributed by atoms with E-state index in [4.69, 9.17) is 11.5 Å². The first-order valence-electron chi connectivity index (χ1n) is 10.2. The normalized spacial score (nSPS) is 19.0. The number of benzene rings is 1. The molecule has 2 aromatic heterocycles. The average Bonchev–Trinajstić information content (AvgIpc) is 3.14. The number of hydrogen-bond donors (Lipinski definition) is 5. The third-order valence-corrected chi connectivity index (χ3v) is 5.63. The van der Waals surface area contributed by atoms with Gasteiger partial charge in [-0.15, -0.1) is 0 Å². The lowest BCUT2D eigenvalue weighted by molar-refractivity contribution is 0.100. The van der Waals surface area contributed by atoms with E-state index in [0.717, 1.165) is 54.8 Å². The zero-order valence-electron chi connectivity index (χ0n) is 16.8. The van der Waals surface area contributed by atoms with E-state index in [1.165, 1.54) is 0 Å². The number of nitrogens with one attached hydrogen (secondary N) is 3. The van der Waals surface area contributed by atoms with Crippen LogP contribution in [0.3, 0.4) is 0 Å². The summed E-state index contributed by atoms with van der Waals surface area (Å²) in [4.78, 5) is 16.3. The minimum Gasteiger partial charge on any atom is -0.365 e. The summed E-state index contributed by atoms with van der Waals surface area (Å²) in [7, 11) is 0. The molecule has 0 bridgehead atoms. The molecule has 1 aliphatic carbocycles. The van der Waals surface area contributed by atoms with Crippen LogP contribution in [-0.4, -0.2) is 33.2 Å². The molecule has 1 fully saturated rings. The van der Waals surface area contributed by atoms with E-state index in [-0.39, 0.29) is 29.3 Å². The van der Waals surface area contributed by atoms with E-state index in [9.17, 15) is 9.18 Å². The molecule has 2 atom stereocenters. The largest absolute Gasteiger partial charge is 0.365 e. The predicted octanol–water partition coefficient (Wildman–Crippen LogP) is 3.18. The molecule has 4 rings (SSSR count). The van der Waals surface area contributed by atoms with Crippen molar-refractivity contribution in [2.45, 2.75) is 51.1 Å². The van der Waals surface area contributed by atoms with Gasteiger partial charge in [-0.1, -0.05) is 19.8 Å². The van der Waals surface area contributed by atoms with Gasteiger partial charge >= 0.3 is 0 Å². The van der Waals surface area contributed by atoms with E-state index in [2.05, 4.69) is 25.8 Å². The van der Waals surface area contributed by atoms with Crippen LogP contribution < -0.4 is 22.1 Å². The number of hydrogen-bond acceptors (Lipinski definition) is 6. The minimum atomic E-state index is -0.761. The molecule has 1 aliphatic rings. The first-order chi connectivity index (χ1) is 14.5. The molecule has 2 heterocycles. The van der Waals surface area contributed by atoms with Crippen LogP contribution in [0.15, 0.2) is 24.3 Å². The zero-order valence-corrected chi connectivity index (χ0v) is 16.8. The highest BCUT2D eigenvalue weighted by atomic mass is 19.1. The second kappa shape index (κ2) is 8.27. The number of H-pyrrole nitrogens is 1. The number of rotatable bonds is 6. The Labute approximate surface area is 173 Å². The fourth-order valence-electron chi connectivity index (χ4n) is 3.93. The van der Waals surface area contributed by atoms with Crippen LogP contribution in [0.5, 0.6) is 0 Å². The van der Waals surface area contributed by atoms with Crippen molar-refractivity contribution in [1.29, 1.82) is 0 Å². The molecule has 0 aliphatic heterocycles. The van der Waals surface area contributed by atoms with Crippen molar-refractivity contribution in [2.24, 2.45) is 11.5 Å². The Bertz CT molecular complexity index is 1080. The van der Waals surface area contributed by atoms with Gasteiger partial charge in [0, 0.05) is 28.9 Å². The fraction of sp³-hybridized carbons (Fsp3) is 0.381. The number of nitrogens with two attached hydrogens (primary N) is 2. The fourth-order valence-corrected chi connectivity index (χ4v) is 3.93. The molecule has 0 saturated heterocycles. The van der Waals surface area contributed by atoms with Gasteiger partial charge in [-0.3, -0.25) is 9.89 Å². The van der Waals surface area contributed by atoms with Crippen LogP contribution in [0, 0.1) is 5.82 Å². The Balaban J connectivity index is 1.68. The molecule has 0 radical (unpaired) electrons. The van der Waals surface area contributed by atoms with Gasteiger partial charge in [-0.2, -0.15) is 5.10 Å². The summed E-state index contributed by atoms with van der Waals surface area (Å²) < 4.78 is 14.7. The van der Waals surface area contributed by atoms with Gasteiger partial charge in [0.05, 0.1) is 11.1 Å². The Hall–Kier alpha value is -3.20. The van der Waals surface area contributed by atoms with Crippen molar-refractivity contribution in [1.82, 2.24) is 15.2 Å². The van der Waals surface area contributed by atoms with E-state index in [1.807, 2.05) is 25.1 Å². The summed E-state index contributed by atoms with van der Waals surface area (Å²) in [6.45, 7) is 2.04. The third-order valence-electron chi connectivity index (χ3n) is 5.63. The second-order valence-electron chi connectivity index (χ2n) is 7.69. The Morgan fingerprint density at radius 2 is 2.07 bits per heavy atom. The molecule has 9 heteroatoms. The highest BCUT2D eigenvalue weighted by Crippen LogP contribution is 2.28. The molecule has 30 heavy (non-hydrogen) atoms. The number of carbonyl (C=O) groups excluding carboxylic acids is 1. The zero-order chi connectivity index (χ0) is 21.3. The number of amides is 1. The molecule has 8 nitrogen and oxygen atoms in total. The monoisotopic (exact) mass is 411 g/mol. The molecule has 0 unspecified atom stereocenters. The highest BCUT2D eigenvalue weighted by Gasteiger charge is 2.24. The molecule has 0 spiro atoms. The lowest BCUT2D eigenvalue weighted by atomic mass is 9.91. The van der Waals surface area contributed by atoms with Gasteiger partial charge in [-0.05, 0) is 43.5 Å². The van der Waals surface area contributed by atoms with E-state index < -0.39 is 11.7 Å². The van der Waals surface area contributed by atoms with Crippen LogP contribution >= 0.6 is 0 Å². The van der Waals surface area contributed by atoms with Crippen LogP contribution in [0.1, 0.15) is 48.7 Å². The smallest absolute Gasteiger partial charge is 0.252 e. The highest BCUT2D eigenvalue weighted by molar-refractivity contribution is 5.99. The van der Waals surface area contributed by atoms with Gasteiger partial charge in [0.2, 0.25) is 0 Å². The third kappa shape index (κ3) is 3.93. The van der Waals surface area contributed by atoms with Crippen molar-refractivity contribution < 1.29 is 9.18 Å². The number of aromatic amines is 1. The number of fused-ring (bicyclic) bond motifs is 1. The van der Waals surface area contributed by atoms with Crippen molar-refractivity contribution in [2.75, 3.05) is 10.6 Å². The van der Waals surface area contributed by atoms with Gasteiger partial charge in [0.15, 0.2) is 11.6 Å². The Morgan fingerprint density at radius 1 is 1.27 bits per heavy atom. The van der Waals surface area contributed by atoms with Gasteiger partial charge < -0.3 is 22.1 Å². The average molecular weight is 411 g/mol. The maximum absolute atomic E-state index is 14.7. The lowest BCUT2D eigenvalue weighted by Crippen LogP contribution is -2.43. The Kier molecular flexibility index (Phi) is 5.54. The van der Waals surface area contributed by atoms with E-state index in [1.54, 1.807) is 0 Å². The van der Waals surface area contributed by atoms with Crippen molar-refractivity contribution in [3.8, 4) is 0 Å². The second-order valence-corrected chi connectivity index (χ2v) is 7.69. The molecule has 1 aromatic carbocycles. The lowest BCUT2D eigenvalue weighted by Gasteiger charge is -2.30. The first-order valence-corrected chi connectivity index (χ1v) is 10.2. The van der Waals surface area contributed by atoms with Crippen LogP contribution in [0.25, 0.3) is 10.9 Å². The molecule has 7 N–H and O–H groups in total. The number of halogens is 1. The molecular weight excluding hydrogens is 385 g/mol. The molecule has 1 amide bonds. The molecule has 3 aromatic rings. The van der Waals surface area contributed by atoms with Gasteiger partial charge in [0.25, 0.3) is 5.91 Å². The topological polar surface area (TPSA) is 135 Å². The first kappa shape index (κ1) is 20.1. The van der Waals surface area contributed by atoms with Crippen LogP contribution in [-0.2, 0) is 6.42 Å². The van der Waals surface area contributed by atoms with E-state index in [0.29, 0.717) is 5.69 Å². The van der Waals surface area contributed by atoms with Gasteiger partial charge in [0.1, 0.15) is 5.82 Å². The number of anilines is 3. The van der Waals surface area contributed by atoms with Crippen molar-refractivity contribution in [3.63, 3.8) is 0 Å². The van der Waals surface area contributed by atoms with Crippen molar-refractivity contribution >= 4 is 34.1 Å². The number of aromatic nitrogens is 3. The number of aryl methyl sites for hydroxylation is 1. The number of pyridine rings is 1. The summed E-state index contributed by atoms with van der Waals surface area (Å²) in [5, 5.41) is 14.5. The summed E-state index contributed by atoms with van der Waals surface area (Å²) >= 11 is 0. The predicted molar refractivity (Wildman–Crippen MR) is 115 cm³/mol. The summed E-state index contributed by atoms with van der Waals surface area (Å²) in [5.74, 6) is -1.14. The van der Waals surface area contributed by atoms with Crippen LogP contribution in [0.2, 0.25) is 0 Å². The SMILES string of the molecule is CCc1[nH]nc2ccc(Nc3nc(N[C@@H]4CCCC[C@@H]4N)c(F)cc3C(N)=O)cc12. The number of primary amides is 1. The maximum atomic E-state index is 14.7. The summed E-state index contributed by atoms with van der Waals surface area (Å²) in [6.07, 6.45) is 4.63. The maximum Gasteiger partial charge on any atom is 0.252 e. The number of carbonyl (C=O) groups is 1. The van der Waals surface area contributed by atoms with Crippen molar-refractivity contribution in [3.05, 3.63) is 41.3 Å². The summed E-state index contributed by atoms with van der Waals surface area (Å²) in [6, 6.07) is 6.58.